The molecule has 0 bridgehead atoms. The van der Waals surface area contributed by atoms with E-state index in [1.165, 1.54) is 16.4 Å². The highest BCUT2D eigenvalue weighted by molar-refractivity contribution is 9.10. The largest absolute Gasteiger partial charge is 0.373 e. The van der Waals surface area contributed by atoms with E-state index in [2.05, 4.69) is 15.9 Å². The third kappa shape index (κ3) is 3.45. The second kappa shape index (κ2) is 5.92. The number of nitrogens with zero attached hydrogens (tertiary/aromatic N) is 1. The van der Waals surface area contributed by atoms with Crippen LogP contribution in [0.1, 0.15) is 19.4 Å². The van der Waals surface area contributed by atoms with Gasteiger partial charge in [-0.3, -0.25) is 0 Å². The minimum atomic E-state index is -3.93. The Morgan fingerprint density at radius 1 is 1.48 bits per heavy atom. The van der Waals surface area contributed by atoms with Crippen molar-refractivity contribution in [1.82, 2.24) is 4.31 Å². The standard InChI is InChI=1S/C13H18BrFN2O3S/c1-13(2)8-17(3-4-20-13)21(18,19)11-6-10(14)5-9(7-16)12(11)15/h5-6H,3-4,7-8,16H2,1-2H3. The minimum Gasteiger partial charge on any atom is -0.373 e. The Labute approximate surface area is 132 Å². The predicted octanol–water partition coefficient (Wildman–Crippen LogP) is 1.85. The molecule has 0 unspecified atom stereocenters. The fraction of sp³-hybridized carbons (Fsp3) is 0.538. The molecule has 8 heteroatoms. The Morgan fingerprint density at radius 2 is 2.14 bits per heavy atom. The highest BCUT2D eigenvalue weighted by atomic mass is 79.9. The van der Waals surface area contributed by atoms with Gasteiger partial charge in [0.25, 0.3) is 0 Å². The van der Waals surface area contributed by atoms with Crippen molar-refractivity contribution >= 4 is 26.0 Å². The summed E-state index contributed by atoms with van der Waals surface area (Å²) in [4.78, 5) is -0.352. The third-order valence-electron chi connectivity index (χ3n) is 3.31. The van der Waals surface area contributed by atoms with Gasteiger partial charge in [0.15, 0.2) is 0 Å². The van der Waals surface area contributed by atoms with Gasteiger partial charge in [-0.1, -0.05) is 15.9 Å². The van der Waals surface area contributed by atoms with Crippen molar-refractivity contribution in [3.8, 4) is 0 Å². The summed E-state index contributed by atoms with van der Waals surface area (Å²) in [6, 6.07) is 2.75. The molecule has 0 radical (unpaired) electrons. The average molecular weight is 381 g/mol. The molecule has 1 aliphatic rings. The fourth-order valence-corrected chi connectivity index (χ4v) is 4.64. The molecule has 118 valence electrons. The summed E-state index contributed by atoms with van der Waals surface area (Å²) in [5, 5.41) is 0. The molecule has 0 amide bonds. The molecule has 1 aliphatic heterocycles. The van der Waals surface area contributed by atoms with Gasteiger partial charge in [-0.25, -0.2) is 12.8 Å². The van der Waals surface area contributed by atoms with Crippen LogP contribution in [0.4, 0.5) is 4.39 Å². The van der Waals surface area contributed by atoms with Crippen LogP contribution in [0.25, 0.3) is 0 Å². The molecule has 0 aromatic heterocycles. The molecule has 2 N–H and O–H groups in total. The van der Waals surface area contributed by atoms with Gasteiger partial charge in [0.05, 0.1) is 12.2 Å². The molecule has 0 atom stereocenters. The summed E-state index contributed by atoms with van der Waals surface area (Å²) < 4.78 is 47.0. The smallest absolute Gasteiger partial charge is 0.246 e. The van der Waals surface area contributed by atoms with Gasteiger partial charge in [0.2, 0.25) is 10.0 Å². The second-order valence-corrected chi connectivity index (χ2v) is 8.35. The van der Waals surface area contributed by atoms with E-state index in [-0.39, 0.29) is 36.7 Å². The van der Waals surface area contributed by atoms with E-state index in [0.29, 0.717) is 4.47 Å². The number of hydrogen-bond acceptors (Lipinski definition) is 4. The van der Waals surface area contributed by atoms with E-state index in [9.17, 15) is 12.8 Å². The number of ether oxygens (including phenoxy) is 1. The van der Waals surface area contributed by atoms with Crippen molar-refractivity contribution < 1.29 is 17.5 Å². The number of benzene rings is 1. The Hall–Kier alpha value is -0.540. The van der Waals surface area contributed by atoms with Crippen LogP contribution in [0.2, 0.25) is 0 Å². The lowest BCUT2D eigenvalue weighted by atomic mass is 10.1. The minimum absolute atomic E-state index is 0.0671. The zero-order chi connectivity index (χ0) is 15.8. The highest BCUT2D eigenvalue weighted by Crippen LogP contribution is 2.29. The Morgan fingerprint density at radius 3 is 2.71 bits per heavy atom. The van der Waals surface area contributed by atoms with Gasteiger partial charge in [-0.15, -0.1) is 0 Å². The molecule has 21 heavy (non-hydrogen) atoms. The SMILES string of the molecule is CC1(C)CN(S(=O)(=O)c2cc(Br)cc(CN)c2F)CCO1. The zero-order valence-electron chi connectivity index (χ0n) is 11.9. The summed E-state index contributed by atoms with van der Waals surface area (Å²) in [6.45, 7) is 4.21. The van der Waals surface area contributed by atoms with Gasteiger partial charge in [-0.2, -0.15) is 4.31 Å². The summed E-state index contributed by atoms with van der Waals surface area (Å²) in [5.41, 5.74) is 5.03. The van der Waals surface area contributed by atoms with E-state index in [4.69, 9.17) is 10.5 Å². The monoisotopic (exact) mass is 380 g/mol. The normalized spacial score (nSPS) is 19.7. The molecule has 1 fully saturated rings. The first-order chi connectivity index (χ1) is 9.67. The lowest BCUT2D eigenvalue weighted by molar-refractivity contribution is -0.0640. The lowest BCUT2D eigenvalue weighted by Gasteiger charge is -2.37. The molecular formula is C13H18BrFN2O3S. The predicted molar refractivity (Wildman–Crippen MR) is 80.8 cm³/mol. The van der Waals surface area contributed by atoms with Gasteiger partial charge >= 0.3 is 0 Å². The maximum absolute atomic E-state index is 14.4. The Kier molecular flexibility index (Phi) is 4.75. The fourth-order valence-electron chi connectivity index (χ4n) is 2.27. The van der Waals surface area contributed by atoms with Crippen molar-refractivity contribution in [3.05, 3.63) is 28.0 Å². The number of nitrogens with two attached hydrogens (primary N) is 1. The first-order valence-electron chi connectivity index (χ1n) is 6.49. The molecule has 2 rings (SSSR count). The molecule has 0 aliphatic carbocycles. The molecular weight excluding hydrogens is 363 g/mol. The van der Waals surface area contributed by atoms with E-state index in [1.54, 1.807) is 13.8 Å². The number of rotatable bonds is 3. The average Bonchev–Trinajstić information content (AvgIpc) is 2.39. The van der Waals surface area contributed by atoms with Crippen LogP contribution in [0, 0.1) is 5.82 Å². The molecule has 1 aromatic carbocycles. The van der Waals surface area contributed by atoms with E-state index in [1.807, 2.05) is 0 Å². The molecule has 1 aromatic rings. The van der Waals surface area contributed by atoms with Crippen molar-refractivity contribution in [3.63, 3.8) is 0 Å². The quantitative estimate of drug-likeness (QED) is 0.868. The maximum atomic E-state index is 14.4. The third-order valence-corrected chi connectivity index (χ3v) is 5.61. The van der Waals surface area contributed by atoms with Crippen molar-refractivity contribution in [1.29, 1.82) is 0 Å². The molecule has 0 spiro atoms. The number of hydrogen-bond donors (Lipinski definition) is 1. The second-order valence-electron chi connectivity index (χ2n) is 5.53. The highest BCUT2D eigenvalue weighted by Gasteiger charge is 2.36. The molecule has 1 heterocycles. The van der Waals surface area contributed by atoms with Gasteiger partial charge in [-0.05, 0) is 26.0 Å². The van der Waals surface area contributed by atoms with Crippen molar-refractivity contribution in [2.24, 2.45) is 5.73 Å². The zero-order valence-corrected chi connectivity index (χ0v) is 14.3. The lowest BCUT2D eigenvalue weighted by Crippen LogP contribution is -2.50. The number of sulfonamides is 1. The van der Waals surface area contributed by atoms with Crippen LogP contribution < -0.4 is 5.73 Å². The van der Waals surface area contributed by atoms with Crippen LogP contribution in [0.5, 0.6) is 0 Å². The first-order valence-corrected chi connectivity index (χ1v) is 8.73. The van der Waals surface area contributed by atoms with Crippen LogP contribution in [-0.4, -0.2) is 38.0 Å². The Balaban J connectivity index is 2.47. The van der Waals surface area contributed by atoms with Gasteiger partial charge in [0.1, 0.15) is 10.7 Å². The van der Waals surface area contributed by atoms with E-state index in [0.717, 1.165) is 0 Å². The van der Waals surface area contributed by atoms with Crippen LogP contribution in [0.3, 0.4) is 0 Å². The summed E-state index contributed by atoms with van der Waals surface area (Å²) in [6.07, 6.45) is 0. The Bertz CT molecular complexity index is 649. The number of halogens is 2. The summed E-state index contributed by atoms with van der Waals surface area (Å²) in [5.74, 6) is -0.787. The maximum Gasteiger partial charge on any atom is 0.246 e. The number of morpholine rings is 1. The first kappa shape index (κ1) is 16.8. The van der Waals surface area contributed by atoms with Crippen molar-refractivity contribution in [2.45, 2.75) is 30.9 Å². The summed E-state index contributed by atoms with van der Waals surface area (Å²) in [7, 11) is -3.93. The van der Waals surface area contributed by atoms with Crippen LogP contribution >= 0.6 is 15.9 Å². The topological polar surface area (TPSA) is 72.6 Å². The molecule has 0 saturated carbocycles. The molecule has 1 saturated heterocycles. The summed E-state index contributed by atoms with van der Waals surface area (Å²) >= 11 is 3.20. The van der Waals surface area contributed by atoms with Crippen LogP contribution in [-0.2, 0) is 21.3 Å². The molecule has 5 nitrogen and oxygen atoms in total. The van der Waals surface area contributed by atoms with Crippen LogP contribution in [0.15, 0.2) is 21.5 Å². The van der Waals surface area contributed by atoms with Gasteiger partial charge < -0.3 is 10.5 Å². The van der Waals surface area contributed by atoms with Gasteiger partial charge in [0, 0.05) is 29.7 Å². The van der Waals surface area contributed by atoms with E-state index < -0.39 is 21.4 Å². The van der Waals surface area contributed by atoms with E-state index >= 15 is 0 Å². The van der Waals surface area contributed by atoms with Crippen molar-refractivity contribution in [2.75, 3.05) is 19.7 Å².